The number of nitrogens with zero attached hydrogens (tertiary/aromatic N) is 2. The predicted octanol–water partition coefficient (Wildman–Crippen LogP) is 2.07. The Morgan fingerprint density at radius 1 is 0.765 bits per heavy atom. The summed E-state index contributed by atoms with van der Waals surface area (Å²) in [5.41, 5.74) is 0. The number of rotatable bonds is 7. The van der Waals surface area contributed by atoms with E-state index in [2.05, 4.69) is 67.2 Å². The van der Waals surface area contributed by atoms with Crippen molar-refractivity contribution in [2.75, 3.05) is 26.2 Å². The first-order valence-electron chi connectivity index (χ1n) is 6.70. The van der Waals surface area contributed by atoms with E-state index < -0.39 is 9.12 Å². The van der Waals surface area contributed by atoms with E-state index in [0.29, 0.717) is 0 Å². The Hall–Kier alpha value is -0.643. The van der Waals surface area contributed by atoms with Crippen LogP contribution in [0.5, 0.6) is 0 Å². The maximum Gasteiger partial charge on any atom is -0.0355 e. The molecular formula is C14H25N2Si-. The molecule has 0 saturated carbocycles. The third-order valence-corrected chi connectivity index (χ3v) is 6.47. The lowest BCUT2D eigenvalue weighted by Gasteiger charge is -2.51. The van der Waals surface area contributed by atoms with Crippen molar-refractivity contribution >= 4 is 14.3 Å². The highest BCUT2D eigenvalue weighted by molar-refractivity contribution is 6.68. The lowest BCUT2D eigenvalue weighted by molar-refractivity contribution is 0.388. The molecular weight excluding hydrogens is 224 g/mol. The lowest BCUT2D eigenvalue weighted by atomic mass is 10.4. The van der Waals surface area contributed by atoms with E-state index in [0.717, 1.165) is 26.2 Å². The van der Waals surface area contributed by atoms with Gasteiger partial charge in [0, 0.05) is 0 Å². The van der Waals surface area contributed by atoms with Crippen LogP contribution in [0.1, 0.15) is 27.7 Å². The highest BCUT2D eigenvalue weighted by Crippen LogP contribution is 2.03. The fourth-order valence-electron chi connectivity index (χ4n) is 2.20. The fraction of sp³-hybridized carbons (Fsp3) is 0.571. The van der Waals surface area contributed by atoms with E-state index in [1.165, 1.54) is 5.19 Å². The summed E-state index contributed by atoms with van der Waals surface area (Å²) in [6.45, 7) is 13.6. The van der Waals surface area contributed by atoms with Crippen LogP contribution in [0.3, 0.4) is 0 Å². The van der Waals surface area contributed by atoms with E-state index in [1.807, 2.05) is 0 Å². The van der Waals surface area contributed by atoms with Crippen LogP contribution in [-0.2, 0) is 0 Å². The zero-order chi connectivity index (χ0) is 12.7. The Balaban J connectivity index is 3.01. The predicted molar refractivity (Wildman–Crippen MR) is 77.7 cm³/mol. The molecule has 1 rings (SSSR count). The number of benzene rings is 1. The summed E-state index contributed by atoms with van der Waals surface area (Å²) in [4.78, 5) is 0. The zero-order valence-corrected chi connectivity index (χ0v) is 12.6. The van der Waals surface area contributed by atoms with Crippen molar-refractivity contribution in [1.82, 2.24) is 9.13 Å². The summed E-state index contributed by atoms with van der Waals surface area (Å²) < 4.78 is 5.24. The van der Waals surface area contributed by atoms with Crippen molar-refractivity contribution in [3.63, 3.8) is 0 Å². The first kappa shape index (κ1) is 14.4. The monoisotopic (exact) mass is 249 g/mol. The summed E-state index contributed by atoms with van der Waals surface area (Å²) in [5.74, 6) is 0. The molecule has 2 nitrogen and oxygen atoms in total. The van der Waals surface area contributed by atoms with Gasteiger partial charge in [-0.25, -0.2) is 0 Å². The molecule has 0 aliphatic heterocycles. The highest BCUT2D eigenvalue weighted by Gasteiger charge is 2.09. The quantitative estimate of drug-likeness (QED) is 0.683. The van der Waals surface area contributed by atoms with Gasteiger partial charge >= 0.3 is 0 Å². The molecule has 3 heteroatoms. The van der Waals surface area contributed by atoms with Crippen molar-refractivity contribution in [3.05, 3.63) is 30.3 Å². The van der Waals surface area contributed by atoms with Crippen LogP contribution >= 0.6 is 0 Å². The van der Waals surface area contributed by atoms with Crippen molar-refractivity contribution in [3.8, 4) is 0 Å². The third kappa shape index (κ3) is 3.66. The molecule has 0 fully saturated rings. The Morgan fingerprint density at radius 2 is 1.18 bits per heavy atom. The second kappa shape index (κ2) is 7.64. The Bertz CT molecular complexity index is 282. The van der Waals surface area contributed by atoms with E-state index >= 15 is 0 Å². The lowest BCUT2D eigenvalue weighted by Crippen LogP contribution is -2.59. The van der Waals surface area contributed by atoms with Gasteiger partial charge in [0.15, 0.2) is 0 Å². The third-order valence-electron chi connectivity index (χ3n) is 3.16. The molecule has 0 atom stereocenters. The van der Waals surface area contributed by atoms with Gasteiger partial charge in [-0.05, 0) is 26.2 Å². The largest absolute Gasteiger partial charge is 0.441 e. The molecule has 0 N–H and O–H groups in total. The van der Waals surface area contributed by atoms with Crippen molar-refractivity contribution in [2.45, 2.75) is 27.7 Å². The van der Waals surface area contributed by atoms with Crippen LogP contribution in [0, 0.1) is 0 Å². The van der Waals surface area contributed by atoms with Crippen molar-refractivity contribution in [2.24, 2.45) is 0 Å². The normalized spacial score (nSPS) is 11.2. The van der Waals surface area contributed by atoms with Crippen molar-refractivity contribution in [1.29, 1.82) is 0 Å². The van der Waals surface area contributed by atoms with Gasteiger partial charge in [-0.3, -0.25) is 0 Å². The minimum atomic E-state index is -0.736. The highest BCUT2D eigenvalue weighted by atomic mass is 28.3. The molecule has 0 heterocycles. The molecule has 17 heavy (non-hydrogen) atoms. The second-order valence-electron chi connectivity index (χ2n) is 4.03. The van der Waals surface area contributed by atoms with Crippen LogP contribution < -0.4 is 5.19 Å². The molecule has 0 bridgehead atoms. The van der Waals surface area contributed by atoms with Crippen LogP contribution in [-0.4, -0.2) is 44.4 Å². The van der Waals surface area contributed by atoms with Gasteiger partial charge < -0.3 is 9.13 Å². The van der Waals surface area contributed by atoms with E-state index in [9.17, 15) is 0 Å². The molecule has 0 unspecified atom stereocenters. The molecule has 0 radical (unpaired) electrons. The summed E-state index contributed by atoms with van der Waals surface area (Å²) in [6.07, 6.45) is 0. The molecule has 0 aromatic heterocycles. The molecule has 0 spiro atoms. The van der Waals surface area contributed by atoms with Gasteiger partial charge in [-0.2, -0.15) is 5.19 Å². The molecule has 1 aromatic carbocycles. The maximum absolute atomic E-state index is 2.62. The van der Waals surface area contributed by atoms with Gasteiger partial charge in [0.25, 0.3) is 0 Å². The minimum absolute atomic E-state index is 0.736. The minimum Gasteiger partial charge on any atom is -0.441 e. The van der Waals surface area contributed by atoms with Crippen LogP contribution in [0.25, 0.3) is 0 Å². The Kier molecular flexibility index (Phi) is 6.48. The average Bonchev–Trinajstić information content (AvgIpc) is 2.40. The molecule has 96 valence electrons. The van der Waals surface area contributed by atoms with Gasteiger partial charge in [-0.1, -0.05) is 58.0 Å². The number of hydrogen-bond donors (Lipinski definition) is 0. The summed E-state index contributed by atoms with van der Waals surface area (Å²) in [5, 5.41) is 1.50. The number of hydrogen-bond acceptors (Lipinski definition) is 2. The summed E-state index contributed by atoms with van der Waals surface area (Å²) >= 11 is 0. The summed E-state index contributed by atoms with van der Waals surface area (Å²) in [6, 6.07) is 11.0. The molecule has 0 aliphatic rings. The molecule has 1 aromatic rings. The molecule has 0 amide bonds. The van der Waals surface area contributed by atoms with Crippen LogP contribution in [0.4, 0.5) is 0 Å². The topological polar surface area (TPSA) is 6.48 Å². The maximum atomic E-state index is 2.62. The van der Waals surface area contributed by atoms with E-state index in [4.69, 9.17) is 0 Å². The second-order valence-corrected chi connectivity index (χ2v) is 6.52. The van der Waals surface area contributed by atoms with Crippen LogP contribution in [0.15, 0.2) is 30.3 Å². The zero-order valence-electron chi connectivity index (χ0n) is 11.6. The van der Waals surface area contributed by atoms with Crippen LogP contribution in [0.2, 0.25) is 0 Å². The van der Waals surface area contributed by atoms with Gasteiger partial charge in [0.05, 0.1) is 0 Å². The molecule has 0 saturated heterocycles. The van der Waals surface area contributed by atoms with E-state index in [1.54, 1.807) is 0 Å². The first-order chi connectivity index (χ1) is 8.28. The van der Waals surface area contributed by atoms with Gasteiger partial charge in [0.2, 0.25) is 0 Å². The van der Waals surface area contributed by atoms with Gasteiger partial charge in [0.1, 0.15) is 0 Å². The Labute approximate surface area is 108 Å². The first-order valence-corrected chi connectivity index (χ1v) is 8.10. The van der Waals surface area contributed by atoms with Crippen molar-refractivity contribution < 1.29 is 0 Å². The van der Waals surface area contributed by atoms with Gasteiger partial charge in [-0.15, -0.1) is 9.12 Å². The fourth-order valence-corrected chi connectivity index (χ4v) is 5.02. The standard InChI is InChI=1S/C14H25N2Si/c1-5-15(6-2)17(16(7-3)8-4)14-12-10-9-11-13-14/h9-13H,5-8H2,1-4H3/q-1. The smallest absolute Gasteiger partial charge is 0.0355 e. The molecule has 0 aliphatic carbocycles. The SMILES string of the molecule is CCN(CC)[Si-](c1ccccc1)N(CC)CC. The Morgan fingerprint density at radius 3 is 1.53 bits per heavy atom. The average molecular weight is 249 g/mol. The van der Waals surface area contributed by atoms with E-state index in [-0.39, 0.29) is 0 Å². The summed E-state index contributed by atoms with van der Waals surface area (Å²) in [7, 11) is -0.736.